The van der Waals surface area contributed by atoms with Crippen molar-refractivity contribution in [2.75, 3.05) is 26.4 Å². The second kappa shape index (κ2) is 16.9. The van der Waals surface area contributed by atoms with Crippen molar-refractivity contribution in [1.29, 1.82) is 0 Å². The van der Waals surface area contributed by atoms with Crippen molar-refractivity contribution < 1.29 is 47.3 Å². The largest absolute Gasteiger partial charge is 0.493 e. The first-order chi connectivity index (χ1) is 23.9. The number of furan rings is 2. The highest BCUT2D eigenvalue weighted by Gasteiger charge is 2.20. The van der Waals surface area contributed by atoms with E-state index in [9.17, 15) is 19.5 Å². The van der Waals surface area contributed by atoms with E-state index in [0.717, 1.165) is 61.4 Å². The van der Waals surface area contributed by atoms with E-state index in [1.807, 2.05) is 42.5 Å². The van der Waals surface area contributed by atoms with Gasteiger partial charge < -0.3 is 32.9 Å². The Bertz CT molecular complexity index is 1950. The number of aromatic carboxylic acids is 1. The average Bonchev–Trinajstić information content (AvgIpc) is 3.76. The van der Waals surface area contributed by atoms with Gasteiger partial charge >= 0.3 is 17.9 Å². The Morgan fingerprint density at radius 2 is 1.14 bits per heavy atom. The molecule has 0 aliphatic rings. The lowest BCUT2D eigenvalue weighted by Gasteiger charge is -2.07. The normalized spacial score (nSPS) is 10.9. The summed E-state index contributed by atoms with van der Waals surface area (Å²) in [6.45, 7) is 8.38. The molecule has 0 saturated heterocycles. The molecule has 10 nitrogen and oxygen atoms in total. The van der Waals surface area contributed by atoms with Crippen LogP contribution < -0.4 is 9.47 Å². The van der Waals surface area contributed by atoms with Gasteiger partial charge in [0.05, 0.1) is 42.8 Å². The molecule has 10 heteroatoms. The second-order valence-corrected chi connectivity index (χ2v) is 11.2. The van der Waals surface area contributed by atoms with Gasteiger partial charge in [-0.05, 0) is 87.1 Å². The molecule has 5 aromatic rings. The number of carboxylic acid groups (broad SMARTS) is 1. The number of carboxylic acids is 1. The molecule has 5 rings (SSSR count). The summed E-state index contributed by atoms with van der Waals surface area (Å²) >= 11 is 0. The first-order valence-electron chi connectivity index (χ1n) is 16.1. The standard InChI is InChI=1S/C39H38O10/c1-3-37(40)46-21-9-5-7-19-44-31-13-11-15-33-29(31)24-35(48-33)26-17-18-27(28(23-26)39(42)43)36-25-30-32(14-12-16-34(30)49-36)45-20-8-6-10-22-47-38(41)4-2/h3-4,11-18,23-25H,1-2,5-10,19-22H2,(H,42,43). The molecule has 49 heavy (non-hydrogen) atoms. The van der Waals surface area contributed by atoms with E-state index in [4.69, 9.17) is 27.8 Å². The summed E-state index contributed by atoms with van der Waals surface area (Å²) in [5.41, 5.74) is 2.27. The quantitative estimate of drug-likeness (QED) is 0.0518. The van der Waals surface area contributed by atoms with Gasteiger partial charge in [-0.15, -0.1) is 0 Å². The molecular weight excluding hydrogens is 628 g/mol. The maximum Gasteiger partial charge on any atom is 0.336 e. The fraction of sp³-hybridized carbons (Fsp3) is 0.256. The number of hydrogen-bond acceptors (Lipinski definition) is 9. The minimum atomic E-state index is -1.10. The fourth-order valence-electron chi connectivity index (χ4n) is 5.27. The van der Waals surface area contributed by atoms with Crippen molar-refractivity contribution in [1.82, 2.24) is 0 Å². The smallest absolute Gasteiger partial charge is 0.336 e. The molecule has 3 aromatic carbocycles. The van der Waals surface area contributed by atoms with Gasteiger partial charge in [0.1, 0.15) is 34.2 Å². The molecular formula is C39H38O10. The van der Waals surface area contributed by atoms with E-state index < -0.39 is 17.9 Å². The van der Waals surface area contributed by atoms with Crippen LogP contribution in [0.5, 0.6) is 11.5 Å². The third-order valence-electron chi connectivity index (χ3n) is 7.76. The van der Waals surface area contributed by atoms with Crippen LogP contribution in [0.15, 0.2) is 101 Å². The molecule has 0 spiro atoms. The number of carbonyl (C=O) groups excluding carboxylic acids is 2. The van der Waals surface area contributed by atoms with Crippen LogP contribution in [0.3, 0.4) is 0 Å². The van der Waals surface area contributed by atoms with Gasteiger partial charge in [0, 0.05) is 23.3 Å². The lowest BCUT2D eigenvalue weighted by atomic mass is 10.0. The molecule has 0 aliphatic carbocycles. The van der Waals surface area contributed by atoms with Crippen molar-refractivity contribution in [3.8, 4) is 34.1 Å². The zero-order chi connectivity index (χ0) is 34.6. The van der Waals surface area contributed by atoms with E-state index in [-0.39, 0.29) is 5.56 Å². The zero-order valence-corrected chi connectivity index (χ0v) is 27.1. The highest BCUT2D eigenvalue weighted by atomic mass is 16.5. The van der Waals surface area contributed by atoms with Crippen LogP contribution >= 0.6 is 0 Å². The van der Waals surface area contributed by atoms with Gasteiger partial charge in [-0.1, -0.05) is 31.4 Å². The SMILES string of the molecule is C=CC(=O)OCCCCCOc1cccc2oc(-c3ccc(-c4cc5c(OCCCCCOC(=O)C=C)cccc5o4)c(C(=O)O)c3)cc12. The average molecular weight is 667 g/mol. The van der Waals surface area contributed by atoms with E-state index in [0.29, 0.717) is 71.7 Å². The van der Waals surface area contributed by atoms with Crippen LogP contribution in [0.1, 0.15) is 48.9 Å². The molecule has 0 saturated carbocycles. The Hall–Kier alpha value is -5.77. The van der Waals surface area contributed by atoms with Gasteiger partial charge in [0.25, 0.3) is 0 Å². The zero-order valence-electron chi connectivity index (χ0n) is 27.1. The Morgan fingerprint density at radius 1 is 0.633 bits per heavy atom. The molecule has 2 heterocycles. The summed E-state index contributed by atoms with van der Waals surface area (Å²) < 4.78 is 34.3. The molecule has 2 aromatic heterocycles. The predicted octanol–water partition coefficient (Wildman–Crippen LogP) is 8.77. The Balaban J connectivity index is 1.26. The summed E-state index contributed by atoms with van der Waals surface area (Å²) in [6.07, 6.45) is 6.94. The number of esters is 2. The molecule has 0 atom stereocenters. The molecule has 0 bridgehead atoms. The number of carbonyl (C=O) groups is 3. The van der Waals surface area contributed by atoms with Gasteiger partial charge in [0.2, 0.25) is 0 Å². The second-order valence-electron chi connectivity index (χ2n) is 11.2. The van der Waals surface area contributed by atoms with Crippen molar-refractivity contribution in [2.45, 2.75) is 38.5 Å². The molecule has 254 valence electrons. The fourth-order valence-corrected chi connectivity index (χ4v) is 5.27. The van der Waals surface area contributed by atoms with Gasteiger partial charge in [-0.2, -0.15) is 0 Å². The minimum Gasteiger partial charge on any atom is -0.493 e. The van der Waals surface area contributed by atoms with Crippen molar-refractivity contribution in [3.63, 3.8) is 0 Å². The molecule has 0 radical (unpaired) electrons. The summed E-state index contributed by atoms with van der Waals surface area (Å²) in [5.74, 6) is 0.238. The number of ether oxygens (including phenoxy) is 4. The van der Waals surface area contributed by atoms with E-state index in [1.165, 1.54) is 0 Å². The molecule has 0 unspecified atom stereocenters. The molecule has 0 aliphatic heterocycles. The topological polar surface area (TPSA) is 135 Å². The van der Waals surface area contributed by atoms with E-state index in [1.54, 1.807) is 24.3 Å². The summed E-state index contributed by atoms with van der Waals surface area (Å²) in [6, 6.07) is 19.7. The number of fused-ring (bicyclic) bond motifs is 2. The van der Waals surface area contributed by atoms with Crippen LogP contribution in [-0.2, 0) is 19.1 Å². The van der Waals surface area contributed by atoms with Crippen LogP contribution in [0, 0.1) is 0 Å². The van der Waals surface area contributed by atoms with Crippen molar-refractivity contribution in [2.24, 2.45) is 0 Å². The van der Waals surface area contributed by atoms with E-state index >= 15 is 0 Å². The van der Waals surface area contributed by atoms with Crippen LogP contribution in [-0.4, -0.2) is 49.4 Å². The Morgan fingerprint density at radius 3 is 1.67 bits per heavy atom. The summed E-state index contributed by atoms with van der Waals surface area (Å²) in [5, 5.41) is 11.7. The molecule has 0 amide bonds. The first-order valence-corrected chi connectivity index (χ1v) is 16.1. The maximum atomic E-state index is 12.5. The number of hydrogen-bond donors (Lipinski definition) is 1. The van der Waals surface area contributed by atoms with Gasteiger partial charge in [-0.3, -0.25) is 0 Å². The molecule has 0 fully saturated rings. The van der Waals surface area contributed by atoms with E-state index in [2.05, 4.69) is 13.2 Å². The van der Waals surface area contributed by atoms with Crippen LogP contribution in [0.4, 0.5) is 0 Å². The lowest BCUT2D eigenvalue weighted by Crippen LogP contribution is -2.03. The first kappa shape index (κ1) is 34.6. The number of rotatable bonds is 19. The lowest BCUT2D eigenvalue weighted by molar-refractivity contribution is -0.138. The number of benzene rings is 3. The Kier molecular flexibility index (Phi) is 11.9. The monoisotopic (exact) mass is 666 g/mol. The highest BCUT2D eigenvalue weighted by molar-refractivity contribution is 5.99. The minimum absolute atomic E-state index is 0.0619. The van der Waals surface area contributed by atoms with Crippen molar-refractivity contribution >= 4 is 39.8 Å². The maximum absolute atomic E-state index is 12.5. The third kappa shape index (κ3) is 8.98. The molecule has 1 N–H and O–H groups in total. The Labute approximate surface area is 283 Å². The summed E-state index contributed by atoms with van der Waals surface area (Å²) in [4.78, 5) is 34.8. The van der Waals surface area contributed by atoms with Crippen molar-refractivity contribution in [3.05, 3.63) is 97.6 Å². The van der Waals surface area contributed by atoms with Gasteiger partial charge in [-0.25, -0.2) is 14.4 Å². The van der Waals surface area contributed by atoms with Gasteiger partial charge in [0.15, 0.2) is 0 Å². The predicted molar refractivity (Wildman–Crippen MR) is 185 cm³/mol. The van der Waals surface area contributed by atoms with Crippen LogP contribution in [0.2, 0.25) is 0 Å². The van der Waals surface area contributed by atoms with Crippen LogP contribution in [0.25, 0.3) is 44.6 Å². The summed E-state index contributed by atoms with van der Waals surface area (Å²) in [7, 11) is 0. The highest BCUT2D eigenvalue weighted by Crippen LogP contribution is 2.38. The number of unbranched alkanes of at least 4 members (excludes halogenated alkanes) is 4. The third-order valence-corrected chi connectivity index (χ3v) is 7.76.